The van der Waals surface area contributed by atoms with Crippen molar-refractivity contribution in [1.82, 2.24) is 0 Å². The molecule has 0 aromatic heterocycles. The van der Waals surface area contributed by atoms with Crippen LogP contribution in [0.4, 0.5) is 15.8 Å². The molecule has 1 N–H and O–H groups in total. The molecule has 1 amide bonds. The van der Waals surface area contributed by atoms with Gasteiger partial charge in [-0.15, -0.1) is 0 Å². The van der Waals surface area contributed by atoms with Crippen molar-refractivity contribution in [2.24, 2.45) is 0 Å². The Kier molecular flexibility index (Phi) is 6.00. The van der Waals surface area contributed by atoms with Gasteiger partial charge in [0.05, 0.1) is 10.5 Å². The lowest BCUT2D eigenvalue weighted by Gasteiger charge is -2.13. The topological polar surface area (TPSA) is 98.5 Å². The second-order valence-corrected chi connectivity index (χ2v) is 5.51. The number of rotatable bonds is 6. The summed E-state index contributed by atoms with van der Waals surface area (Å²) in [5.41, 5.74) is 0.631. The van der Waals surface area contributed by atoms with Gasteiger partial charge in [-0.05, 0) is 43.2 Å². The van der Waals surface area contributed by atoms with Crippen molar-refractivity contribution in [1.29, 1.82) is 0 Å². The maximum absolute atomic E-state index is 13.3. The first kappa shape index (κ1) is 19.0. The minimum atomic E-state index is -1.14. The van der Waals surface area contributed by atoms with E-state index in [4.69, 9.17) is 4.74 Å². The average Bonchev–Trinajstić information content (AvgIpc) is 2.62. The highest BCUT2D eigenvalue weighted by Gasteiger charge is 2.21. The molecule has 26 heavy (non-hydrogen) atoms. The number of amides is 1. The summed E-state index contributed by atoms with van der Waals surface area (Å²) < 4.78 is 18.4. The summed E-state index contributed by atoms with van der Waals surface area (Å²) in [6.07, 6.45) is -0.310. The number of carbonyl (C=O) groups is 2. The molecule has 7 nitrogen and oxygen atoms in total. The van der Waals surface area contributed by atoms with Crippen LogP contribution in [0.3, 0.4) is 0 Å². The maximum Gasteiger partial charge on any atom is 0.338 e. The van der Waals surface area contributed by atoms with Crippen LogP contribution in [-0.2, 0) is 16.0 Å². The van der Waals surface area contributed by atoms with Crippen molar-refractivity contribution in [3.63, 3.8) is 0 Å². The first-order valence-corrected chi connectivity index (χ1v) is 7.86. The Balaban J connectivity index is 2.01. The molecule has 0 heterocycles. The van der Waals surface area contributed by atoms with Crippen LogP contribution >= 0.6 is 0 Å². The molecular weight excluding hydrogens is 343 g/mol. The predicted molar refractivity (Wildman–Crippen MR) is 92.4 cm³/mol. The minimum absolute atomic E-state index is 0.0262. The molecule has 136 valence electrons. The van der Waals surface area contributed by atoms with E-state index in [1.165, 1.54) is 13.0 Å². The molecule has 2 aromatic carbocycles. The lowest BCUT2D eigenvalue weighted by Crippen LogP contribution is -2.30. The first-order valence-electron chi connectivity index (χ1n) is 7.86. The Bertz CT molecular complexity index is 836. The summed E-state index contributed by atoms with van der Waals surface area (Å²) in [5.74, 6) is -2.37. The van der Waals surface area contributed by atoms with Crippen molar-refractivity contribution < 1.29 is 23.6 Å². The van der Waals surface area contributed by atoms with E-state index in [0.717, 1.165) is 24.1 Å². The van der Waals surface area contributed by atoms with Crippen LogP contribution in [0.15, 0.2) is 42.5 Å². The Morgan fingerprint density at radius 2 is 1.88 bits per heavy atom. The second kappa shape index (κ2) is 8.19. The third kappa shape index (κ3) is 4.62. The predicted octanol–water partition coefficient (Wildman–Crippen LogP) is 3.48. The summed E-state index contributed by atoms with van der Waals surface area (Å²) in [5, 5.41) is 13.1. The standard InChI is InChI=1S/C18H17FN2O5/c1-3-12-4-6-13(7-5-12)18(23)26-11(2)17(22)20-14-8-9-15(19)16(10-14)21(24)25/h4-11H,3H2,1-2H3,(H,20,22)/t11-/m1/s1. The van der Waals surface area contributed by atoms with Crippen LogP contribution in [0.1, 0.15) is 29.8 Å². The average molecular weight is 360 g/mol. The fourth-order valence-electron chi connectivity index (χ4n) is 2.13. The molecule has 0 bridgehead atoms. The van der Waals surface area contributed by atoms with E-state index >= 15 is 0 Å². The molecule has 2 aromatic rings. The summed E-state index contributed by atoms with van der Waals surface area (Å²) in [6, 6.07) is 9.74. The normalized spacial score (nSPS) is 11.5. The van der Waals surface area contributed by atoms with E-state index in [9.17, 15) is 24.1 Å². The SMILES string of the molecule is CCc1ccc(C(=O)O[C@H](C)C(=O)Nc2ccc(F)c([N+](=O)[O-])c2)cc1. The quantitative estimate of drug-likeness (QED) is 0.483. The molecular formula is C18H17FN2O5. The number of nitrogens with one attached hydrogen (secondary N) is 1. The number of hydrogen-bond acceptors (Lipinski definition) is 5. The lowest BCUT2D eigenvalue weighted by molar-refractivity contribution is -0.387. The van der Waals surface area contributed by atoms with Gasteiger partial charge in [-0.2, -0.15) is 4.39 Å². The van der Waals surface area contributed by atoms with Gasteiger partial charge in [0, 0.05) is 11.8 Å². The number of halogens is 1. The van der Waals surface area contributed by atoms with Crippen molar-refractivity contribution in [3.8, 4) is 0 Å². The Labute approximate surface area is 148 Å². The van der Waals surface area contributed by atoms with Gasteiger partial charge in [0.25, 0.3) is 5.91 Å². The van der Waals surface area contributed by atoms with Crippen LogP contribution in [0.2, 0.25) is 0 Å². The van der Waals surface area contributed by atoms with E-state index in [2.05, 4.69) is 5.32 Å². The number of nitro benzene ring substituents is 1. The van der Waals surface area contributed by atoms with Gasteiger partial charge < -0.3 is 10.1 Å². The van der Waals surface area contributed by atoms with E-state index < -0.39 is 34.4 Å². The van der Waals surface area contributed by atoms with Gasteiger partial charge in [-0.3, -0.25) is 14.9 Å². The molecule has 0 aliphatic carbocycles. The number of benzene rings is 2. The number of hydrogen-bond donors (Lipinski definition) is 1. The zero-order valence-electron chi connectivity index (χ0n) is 14.2. The summed E-state index contributed by atoms with van der Waals surface area (Å²) in [4.78, 5) is 34.0. The smallest absolute Gasteiger partial charge is 0.338 e. The molecule has 2 rings (SSSR count). The maximum atomic E-state index is 13.3. The van der Waals surface area contributed by atoms with Crippen molar-refractivity contribution in [2.45, 2.75) is 26.4 Å². The number of nitro groups is 1. The largest absolute Gasteiger partial charge is 0.449 e. The van der Waals surface area contributed by atoms with Crippen LogP contribution in [-0.4, -0.2) is 22.9 Å². The van der Waals surface area contributed by atoms with Gasteiger partial charge >= 0.3 is 11.7 Å². The molecule has 0 fully saturated rings. The third-order valence-corrected chi connectivity index (χ3v) is 3.66. The molecule has 0 aliphatic heterocycles. The zero-order valence-corrected chi connectivity index (χ0v) is 14.2. The van der Waals surface area contributed by atoms with E-state index in [1.54, 1.807) is 24.3 Å². The van der Waals surface area contributed by atoms with E-state index in [-0.39, 0.29) is 5.69 Å². The van der Waals surface area contributed by atoms with Gasteiger partial charge in [0.2, 0.25) is 5.82 Å². The molecule has 1 atom stereocenters. The molecule has 0 saturated carbocycles. The van der Waals surface area contributed by atoms with Crippen LogP contribution in [0.25, 0.3) is 0 Å². The molecule has 0 radical (unpaired) electrons. The van der Waals surface area contributed by atoms with Crippen LogP contribution in [0, 0.1) is 15.9 Å². The van der Waals surface area contributed by atoms with Crippen LogP contribution < -0.4 is 5.32 Å². The summed E-state index contributed by atoms with van der Waals surface area (Å²) in [7, 11) is 0. The second-order valence-electron chi connectivity index (χ2n) is 5.51. The lowest BCUT2D eigenvalue weighted by atomic mass is 10.1. The highest BCUT2D eigenvalue weighted by atomic mass is 19.1. The van der Waals surface area contributed by atoms with Crippen molar-refractivity contribution in [3.05, 3.63) is 69.5 Å². The number of nitrogens with zero attached hydrogens (tertiary/aromatic N) is 1. The monoisotopic (exact) mass is 360 g/mol. The number of esters is 1. The fourth-order valence-corrected chi connectivity index (χ4v) is 2.13. The van der Waals surface area contributed by atoms with E-state index in [0.29, 0.717) is 5.56 Å². The number of ether oxygens (including phenoxy) is 1. The molecule has 8 heteroatoms. The summed E-state index contributed by atoms with van der Waals surface area (Å²) >= 11 is 0. The summed E-state index contributed by atoms with van der Waals surface area (Å²) in [6.45, 7) is 3.35. The molecule has 0 aliphatic rings. The van der Waals surface area contributed by atoms with Gasteiger partial charge in [-0.25, -0.2) is 4.79 Å². The van der Waals surface area contributed by atoms with Crippen molar-refractivity contribution >= 4 is 23.3 Å². The molecule has 0 unspecified atom stereocenters. The molecule has 0 spiro atoms. The zero-order chi connectivity index (χ0) is 19.3. The highest BCUT2D eigenvalue weighted by molar-refractivity contribution is 5.97. The first-order chi connectivity index (χ1) is 12.3. The Hall–Kier alpha value is -3.29. The van der Waals surface area contributed by atoms with Gasteiger partial charge in [-0.1, -0.05) is 19.1 Å². The van der Waals surface area contributed by atoms with Crippen molar-refractivity contribution in [2.75, 3.05) is 5.32 Å². The fraction of sp³-hybridized carbons (Fsp3) is 0.222. The molecule has 0 saturated heterocycles. The Morgan fingerprint density at radius 1 is 1.23 bits per heavy atom. The number of aryl methyl sites for hydroxylation is 1. The highest BCUT2D eigenvalue weighted by Crippen LogP contribution is 2.22. The Morgan fingerprint density at radius 3 is 2.46 bits per heavy atom. The third-order valence-electron chi connectivity index (χ3n) is 3.66. The van der Waals surface area contributed by atoms with Gasteiger partial charge in [0.15, 0.2) is 6.10 Å². The number of anilines is 1. The van der Waals surface area contributed by atoms with E-state index in [1.807, 2.05) is 6.92 Å². The van der Waals surface area contributed by atoms with Crippen LogP contribution in [0.5, 0.6) is 0 Å². The number of carbonyl (C=O) groups excluding carboxylic acids is 2. The minimum Gasteiger partial charge on any atom is -0.449 e. The van der Waals surface area contributed by atoms with Gasteiger partial charge in [0.1, 0.15) is 0 Å².